The number of nitrogens with zero attached hydrogens (tertiary/aromatic N) is 1. The van der Waals surface area contributed by atoms with Crippen LogP contribution in [0.1, 0.15) is 18.6 Å². The Morgan fingerprint density at radius 2 is 1.65 bits per heavy atom. The van der Waals surface area contributed by atoms with Gasteiger partial charge in [0.2, 0.25) is 5.91 Å². The summed E-state index contributed by atoms with van der Waals surface area (Å²) in [6, 6.07) is 14.3. The number of halogens is 1. The van der Waals surface area contributed by atoms with Crippen LogP contribution in [-0.2, 0) is 9.53 Å². The molecule has 1 heterocycles. The number of amides is 3. The number of hydrogen-bond donors (Lipinski definition) is 2. The number of carbonyl (C=O) groups excluding carboxylic acids is 2. The topological polar surface area (TPSA) is 70.7 Å². The van der Waals surface area contributed by atoms with E-state index in [0.29, 0.717) is 36.1 Å². The van der Waals surface area contributed by atoms with Crippen LogP contribution in [0, 0.1) is 0 Å². The lowest BCUT2D eigenvalue weighted by Gasteiger charge is -2.33. The van der Waals surface area contributed by atoms with Gasteiger partial charge in [-0.25, -0.2) is 4.79 Å². The predicted molar refractivity (Wildman–Crippen MR) is 101 cm³/mol. The van der Waals surface area contributed by atoms with Crippen molar-refractivity contribution in [3.05, 3.63) is 59.1 Å². The van der Waals surface area contributed by atoms with Gasteiger partial charge in [-0.15, -0.1) is 0 Å². The molecule has 0 radical (unpaired) electrons. The molecule has 0 saturated carbocycles. The van der Waals surface area contributed by atoms with E-state index in [2.05, 4.69) is 10.6 Å². The Morgan fingerprint density at radius 3 is 2.27 bits per heavy atom. The van der Waals surface area contributed by atoms with E-state index < -0.39 is 0 Å². The first kappa shape index (κ1) is 18.2. The minimum Gasteiger partial charge on any atom is -0.370 e. The highest BCUT2D eigenvalue weighted by molar-refractivity contribution is 6.30. The third-order valence-electron chi connectivity index (χ3n) is 4.05. The summed E-state index contributed by atoms with van der Waals surface area (Å²) in [5, 5.41) is 6.23. The van der Waals surface area contributed by atoms with Crippen molar-refractivity contribution in [3.8, 4) is 0 Å². The maximum Gasteiger partial charge on any atom is 0.322 e. The molecule has 0 bridgehead atoms. The minimum atomic E-state index is -0.181. The third kappa shape index (κ3) is 4.74. The van der Waals surface area contributed by atoms with Crippen LogP contribution in [0.3, 0.4) is 0 Å². The lowest BCUT2D eigenvalue weighted by molar-refractivity contribution is -0.114. The fraction of sp³-hybridized carbons (Fsp3) is 0.263. The van der Waals surface area contributed by atoms with Crippen molar-refractivity contribution < 1.29 is 14.3 Å². The molecule has 26 heavy (non-hydrogen) atoms. The fourth-order valence-electron chi connectivity index (χ4n) is 2.76. The number of nitrogens with one attached hydrogen (secondary N) is 2. The molecule has 2 N–H and O–H groups in total. The van der Waals surface area contributed by atoms with E-state index in [0.717, 1.165) is 5.56 Å². The molecule has 0 spiro atoms. The van der Waals surface area contributed by atoms with Crippen molar-refractivity contribution in [2.45, 2.75) is 13.0 Å². The van der Waals surface area contributed by atoms with E-state index >= 15 is 0 Å². The zero-order chi connectivity index (χ0) is 18.5. The molecule has 3 rings (SSSR count). The summed E-state index contributed by atoms with van der Waals surface area (Å²) in [7, 11) is 0. The maximum atomic E-state index is 12.5. The summed E-state index contributed by atoms with van der Waals surface area (Å²) >= 11 is 5.92. The molecule has 1 fully saturated rings. The molecule has 1 aliphatic rings. The molecule has 2 aromatic rings. The van der Waals surface area contributed by atoms with Gasteiger partial charge in [0, 0.05) is 29.9 Å². The highest BCUT2D eigenvalue weighted by Gasteiger charge is 2.25. The molecule has 136 valence electrons. The van der Waals surface area contributed by atoms with Crippen LogP contribution in [0.2, 0.25) is 5.02 Å². The monoisotopic (exact) mass is 373 g/mol. The molecule has 0 aliphatic carbocycles. The predicted octanol–water partition coefficient (Wildman–Crippen LogP) is 3.90. The minimum absolute atomic E-state index is 0.136. The van der Waals surface area contributed by atoms with Gasteiger partial charge in [-0.3, -0.25) is 4.79 Å². The lowest BCUT2D eigenvalue weighted by Crippen LogP contribution is -2.44. The first-order chi connectivity index (χ1) is 12.5. The van der Waals surface area contributed by atoms with Gasteiger partial charge in [-0.2, -0.15) is 0 Å². The maximum absolute atomic E-state index is 12.5. The second kappa shape index (κ2) is 8.21. The molecule has 1 atom stereocenters. The van der Waals surface area contributed by atoms with Gasteiger partial charge in [-0.1, -0.05) is 23.7 Å². The van der Waals surface area contributed by atoms with Gasteiger partial charge < -0.3 is 20.3 Å². The molecule has 0 aromatic heterocycles. The molecule has 3 amide bonds. The highest BCUT2D eigenvalue weighted by atomic mass is 35.5. The van der Waals surface area contributed by atoms with Crippen molar-refractivity contribution in [1.29, 1.82) is 0 Å². The van der Waals surface area contributed by atoms with Crippen molar-refractivity contribution in [1.82, 2.24) is 4.90 Å². The molecule has 6 nitrogen and oxygen atoms in total. The molecular formula is C19H20ClN3O3. The van der Waals surface area contributed by atoms with E-state index in [1.165, 1.54) is 6.92 Å². The van der Waals surface area contributed by atoms with Gasteiger partial charge in [0.05, 0.1) is 13.2 Å². The summed E-state index contributed by atoms with van der Waals surface area (Å²) in [5.74, 6) is -0.136. The van der Waals surface area contributed by atoms with E-state index in [4.69, 9.17) is 16.3 Å². The Kier molecular flexibility index (Phi) is 5.75. The average Bonchev–Trinajstić information content (AvgIpc) is 2.63. The Balaban J connectivity index is 1.60. The van der Waals surface area contributed by atoms with E-state index in [-0.39, 0.29) is 18.0 Å². The highest BCUT2D eigenvalue weighted by Crippen LogP contribution is 2.24. The Bertz CT molecular complexity index is 778. The number of rotatable bonds is 3. The van der Waals surface area contributed by atoms with Crippen LogP contribution in [0.25, 0.3) is 0 Å². The number of urea groups is 1. The average molecular weight is 374 g/mol. The standard InChI is InChI=1S/C19H20ClN3O3/c1-13(24)21-16-6-8-17(9-7-16)22-19(25)23-10-11-26-18(12-23)14-2-4-15(20)5-3-14/h2-9,18H,10-12H2,1H3,(H,21,24)(H,22,25)/t18-/m0/s1. The molecular weight excluding hydrogens is 354 g/mol. The van der Waals surface area contributed by atoms with Gasteiger partial charge in [0.1, 0.15) is 6.10 Å². The second-order valence-electron chi connectivity index (χ2n) is 6.05. The normalized spacial score (nSPS) is 16.8. The summed E-state index contributed by atoms with van der Waals surface area (Å²) in [6.45, 7) is 2.92. The Labute approximate surface area is 157 Å². The van der Waals surface area contributed by atoms with Crippen LogP contribution in [0.15, 0.2) is 48.5 Å². The van der Waals surface area contributed by atoms with E-state index in [1.54, 1.807) is 29.2 Å². The summed E-state index contributed by atoms with van der Waals surface area (Å²) in [4.78, 5) is 25.3. The first-order valence-electron chi connectivity index (χ1n) is 8.32. The SMILES string of the molecule is CC(=O)Nc1ccc(NC(=O)N2CCO[C@H](c3ccc(Cl)cc3)C2)cc1. The number of benzene rings is 2. The van der Waals surface area contributed by atoms with Crippen LogP contribution in [0.5, 0.6) is 0 Å². The molecule has 2 aromatic carbocycles. The van der Waals surface area contributed by atoms with Crippen LogP contribution >= 0.6 is 11.6 Å². The third-order valence-corrected chi connectivity index (χ3v) is 4.30. The van der Waals surface area contributed by atoms with Gasteiger partial charge >= 0.3 is 6.03 Å². The number of carbonyl (C=O) groups is 2. The zero-order valence-corrected chi connectivity index (χ0v) is 15.1. The Hall–Kier alpha value is -2.57. The lowest BCUT2D eigenvalue weighted by atomic mass is 10.1. The quantitative estimate of drug-likeness (QED) is 0.857. The van der Waals surface area contributed by atoms with Gasteiger partial charge in [0.25, 0.3) is 0 Å². The summed E-state index contributed by atoms with van der Waals surface area (Å²) in [5.41, 5.74) is 2.34. The first-order valence-corrected chi connectivity index (χ1v) is 8.70. The van der Waals surface area contributed by atoms with Crippen LogP contribution in [0.4, 0.5) is 16.2 Å². The second-order valence-corrected chi connectivity index (χ2v) is 6.48. The van der Waals surface area contributed by atoms with E-state index in [1.807, 2.05) is 24.3 Å². The summed E-state index contributed by atoms with van der Waals surface area (Å²) in [6.07, 6.45) is -0.172. The molecule has 7 heteroatoms. The van der Waals surface area contributed by atoms with Crippen molar-refractivity contribution in [2.75, 3.05) is 30.3 Å². The number of ether oxygens (including phenoxy) is 1. The number of morpholine rings is 1. The molecule has 1 saturated heterocycles. The zero-order valence-electron chi connectivity index (χ0n) is 14.4. The number of anilines is 2. The van der Waals surface area contributed by atoms with Crippen LogP contribution in [-0.4, -0.2) is 36.5 Å². The fourth-order valence-corrected chi connectivity index (χ4v) is 2.88. The van der Waals surface area contributed by atoms with Crippen molar-refractivity contribution in [3.63, 3.8) is 0 Å². The van der Waals surface area contributed by atoms with Crippen LogP contribution < -0.4 is 10.6 Å². The van der Waals surface area contributed by atoms with E-state index in [9.17, 15) is 9.59 Å². The molecule has 1 aliphatic heterocycles. The molecule has 0 unspecified atom stereocenters. The van der Waals surface area contributed by atoms with Gasteiger partial charge in [-0.05, 0) is 42.0 Å². The largest absolute Gasteiger partial charge is 0.370 e. The number of hydrogen-bond acceptors (Lipinski definition) is 3. The van der Waals surface area contributed by atoms with Crippen molar-refractivity contribution >= 4 is 34.9 Å². The van der Waals surface area contributed by atoms with Gasteiger partial charge in [0.15, 0.2) is 0 Å². The van der Waals surface area contributed by atoms with Crippen molar-refractivity contribution in [2.24, 2.45) is 0 Å². The Morgan fingerprint density at radius 1 is 1.04 bits per heavy atom. The summed E-state index contributed by atoms with van der Waals surface area (Å²) < 4.78 is 5.78. The smallest absolute Gasteiger partial charge is 0.322 e.